The van der Waals surface area contributed by atoms with Crippen LogP contribution in [0.4, 0.5) is 5.69 Å². The zero-order chi connectivity index (χ0) is 14.0. The molecule has 98 valence electrons. The second-order valence-corrected chi connectivity index (χ2v) is 4.81. The van der Waals surface area contributed by atoms with Crippen molar-refractivity contribution in [2.24, 2.45) is 5.73 Å². The van der Waals surface area contributed by atoms with Crippen molar-refractivity contribution in [1.29, 1.82) is 0 Å². The Balaban J connectivity index is 2.25. The van der Waals surface area contributed by atoms with Crippen LogP contribution in [0, 0.1) is 6.92 Å². The summed E-state index contributed by atoms with van der Waals surface area (Å²) in [5, 5.41) is 3.10. The molecular weight excluding hydrogens is 284 g/mol. The van der Waals surface area contributed by atoms with E-state index in [1.54, 1.807) is 31.2 Å². The highest BCUT2D eigenvalue weighted by molar-refractivity contribution is 7.80. The zero-order valence-corrected chi connectivity index (χ0v) is 11.6. The number of nitrogens with one attached hydrogen (secondary N) is 1. The van der Waals surface area contributed by atoms with E-state index in [0.717, 1.165) is 0 Å². The smallest absolute Gasteiger partial charge is 0.258 e. The van der Waals surface area contributed by atoms with Gasteiger partial charge in [0.1, 0.15) is 17.0 Å². The summed E-state index contributed by atoms with van der Waals surface area (Å²) in [4.78, 5) is 12.2. The van der Waals surface area contributed by atoms with Crippen LogP contribution in [-0.2, 0) is 0 Å². The van der Waals surface area contributed by atoms with Gasteiger partial charge in [-0.25, -0.2) is 0 Å². The molecule has 0 radical (unpaired) electrons. The number of amides is 1. The lowest BCUT2D eigenvalue weighted by Crippen LogP contribution is -2.13. The number of anilines is 1. The number of nitrogens with two attached hydrogens (primary N) is 1. The average molecular weight is 295 g/mol. The van der Waals surface area contributed by atoms with Crippen LogP contribution >= 0.6 is 23.8 Å². The SMILES string of the molecule is Cc1cc(C(=O)Nc2cc(C(N)=S)ccc2Cl)co1. The van der Waals surface area contributed by atoms with Gasteiger partial charge in [0, 0.05) is 5.56 Å². The van der Waals surface area contributed by atoms with Crippen LogP contribution in [-0.4, -0.2) is 10.9 Å². The van der Waals surface area contributed by atoms with Gasteiger partial charge in [-0.15, -0.1) is 0 Å². The topological polar surface area (TPSA) is 68.3 Å². The van der Waals surface area contributed by atoms with Gasteiger partial charge < -0.3 is 15.5 Å². The predicted octanol–water partition coefficient (Wildman–Crippen LogP) is 3.13. The van der Waals surface area contributed by atoms with Crippen LogP contribution in [0.15, 0.2) is 34.9 Å². The minimum absolute atomic E-state index is 0.242. The van der Waals surface area contributed by atoms with Crippen molar-refractivity contribution in [2.75, 3.05) is 5.32 Å². The lowest BCUT2D eigenvalue weighted by atomic mass is 10.2. The van der Waals surface area contributed by atoms with Gasteiger partial charge in [-0.2, -0.15) is 0 Å². The molecule has 1 aromatic heterocycles. The first-order chi connectivity index (χ1) is 8.97. The summed E-state index contributed by atoms with van der Waals surface area (Å²) in [6, 6.07) is 6.60. The minimum atomic E-state index is -0.307. The van der Waals surface area contributed by atoms with Crippen molar-refractivity contribution in [2.45, 2.75) is 6.92 Å². The first kappa shape index (κ1) is 13.6. The molecule has 19 heavy (non-hydrogen) atoms. The van der Waals surface area contributed by atoms with E-state index in [1.807, 2.05) is 0 Å². The first-order valence-electron chi connectivity index (χ1n) is 5.43. The molecule has 6 heteroatoms. The van der Waals surface area contributed by atoms with Gasteiger partial charge in [-0.05, 0) is 25.1 Å². The lowest BCUT2D eigenvalue weighted by molar-refractivity contribution is 0.102. The van der Waals surface area contributed by atoms with Crippen molar-refractivity contribution in [1.82, 2.24) is 0 Å². The zero-order valence-electron chi connectivity index (χ0n) is 10.1. The summed E-state index contributed by atoms with van der Waals surface area (Å²) in [5.74, 6) is 0.354. The monoisotopic (exact) mass is 294 g/mol. The van der Waals surface area contributed by atoms with E-state index < -0.39 is 0 Å². The maximum Gasteiger partial charge on any atom is 0.258 e. The highest BCUT2D eigenvalue weighted by atomic mass is 35.5. The third-order valence-electron chi connectivity index (χ3n) is 2.49. The Labute approximate surface area is 120 Å². The molecule has 0 atom stereocenters. The average Bonchev–Trinajstić information content (AvgIpc) is 2.78. The molecule has 1 heterocycles. The van der Waals surface area contributed by atoms with Crippen molar-refractivity contribution in [3.8, 4) is 0 Å². The molecule has 0 unspecified atom stereocenters. The second-order valence-electron chi connectivity index (χ2n) is 3.96. The van der Waals surface area contributed by atoms with E-state index >= 15 is 0 Å². The van der Waals surface area contributed by atoms with Crippen LogP contribution in [0.2, 0.25) is 5.02 Å². The van der Waals surface area contributed by atoms with Gasteiger partial charge in [-0.1, -0.05) is 29.9 Å². The predicted molar refractivity (Wildman–Crippen MR) is 78.7 cm³/mol. The number of carbonyl (C=O) groups excluding carboxylic acids is 1. The fraction of sp³-hybridized carbons (Fsp3) is 0.0769. The molecule has 0 saturated heterocycles. The summed E-state index contributed by atoms with van der Waals surface area (Å²) in [7, 11) is 0. The number of aryl methyl sites for hydroxylation is 1. The van der Waals surface area contributed by atoms with Crippen LogP contribution in [0.25, 0.3) is 0 Å². The van der Waals surface area contributed by atoms with Crippen molar-refractivity contribution in [3.63, 3.8) is 0 Å². The standard InChI is InChI=1S/C13H11ClN2O2S/c1-7-4-9(6-18-7)13(17)16-11-5-8(12(15)19)2-3-10(11)14/h2-6H,1H3,(H2,15,19)(H,16,17). The number of halogens is 1. The quantitative estimate of drug-likeness (QED) is 0.854. The molecular formula is C13H11ClN2O2S. The summed E-state index contributed by atoms with van der Waals surface area (Å²) in [5.41, 5.74) is 7.06. The second kappa shape index (κ2) is 5.42. The van der Waals surface area contributed by atoms with Crippen LogP contribution in [0.5, 0.6) is 0 Å². The first-order valence-corrected chi connectivity index (χ1v) is 6.22. The number of furan rings is 1. The molecule has 0 bridgehead atoms. The minimum Gasteiger partial charge on any atom is -0.469 e. The summed E-state index contributed by atoms with van der Waals surface area (Å²) >= 11 is 10.9. The number of hydrogen-bond acceptors (Lipinski definition) is 3. The maximum atomic E-state index is 12.0. The molecule has 0 fully saturated rings. The van der Waals surface area contributed by atoms with Gasteiger partial charge in [0.2, 0.25) is 0 Å². The molecule has 4 nitrogen and oxygen atoms in total. The van der Waals surface area contributed by atoms with Gasteiger partial charge in [0.15, 0.2) is 0 Å². The van der Waals surface area contributed by atoms with Gasteiger partial charge in [0.25, 0.3) is 5.91 Å². The third-order valence-corrected chi connectivity index (χ3v) is 3.06. The fourth-order valence-corrected chi connectivity index (χ4v) is 1.82. The number of carbonyl (C=O) groups is 1. The summed E-state index contributed by atoms with van der Waals surface area (Å²) < 4.78 is 5.08. The molecule has 3 N–H and O–H groups in total. The Morgan fingerprint density at radius 1 is 1.37 bits per heavy atom. The van der Waals surface area contributed by atoms with E-state index in [1.165, 1.54) is 6.26 Å². The van der Waals surface area contributed by atoms with E-state index in [2.05, 4.69) is 5.32 Å². The van der Waals surface area contributed by atoms with E-state index in [-0.39, 0.29) is 10.9 Å². The highest BCUT2D eigenvalue weighted by Crippen LogP contribution is 2.24. The van der Waals surface area contributed by atoms with Crippen LogP contribution in [0.1, 0.15) is 21.7 Å². The molecule has 2 rings (SSSR count). The largest absolute Gasteiger partial charge is 0.469 e. The molecule has 1 amide bonds. The number of hydrogen-bond donors (Lipinski definition) is 2. The maximum absolute atomic E-state index is 12.0. The molecule has 0 saturated carbocycles. The Hall–Kier alpha value is -1.85. The summed E-state index contributed by atoms with van der Waals surface area (Å²) in [6.07, 6.45) is 1.38. The normalized spacial score (nSPS) is 10.2. The Kier molecular flexibility index (Phi) is 3.87. The summed E-state index contributed by atoms with van der Waals surface area (Å²) in [6.45, 7) is 1.76. The van der Waals surface area contributed by atoms with E-state index in [0.29, 0.717) is 27.6 Å². The van der Waals surface area contributed by atoms with Gasteiger partial charge >= 0.3 is 0 Å². The molecule has 0 spiro atoms. The van der Waals surface area contributed by atoms with Crippen molar-refractivity contribution in [3.05, 3.63) is 52.4 Å². The van der Waals surface area contributed by atoms with E-state index in [4.69, 9.17) is 34.0 Å². The molecule has 0 aliphatic heterocycles. The third kappa shape index (κ3) is 3.13. The Morgan fingerprint density at radius 3 is 2.68 bits per heavy atom. The van der Waals surface area contributed by atoms with Crippen LogP contribution < -0.4 is 11.1 Å². The number of thiocarbonyl (C=S) groups is 1. The van der Waals surface area contributed by atoms with E-state index in [9.17, 15) is 4.79 Å². The van der Waals surface area contributed by atoms with Gasteiger partial charge in [0.05, 0.1) is 16.3 Å². The lowest BCUT2D eigenvalue weighted by Gasteiger charge is -2.08. The fourth-order valence-electron chi connectivity index (χ4n) is 1.53. The molecule has 0 aliphatic carbocycles. The highest BCUT2D eigenvalue weighted by Gasteiger charge is 2.11. The molecule has 2 aromatic rings. The number of rotatable bonds is 3. The van der Waals surface area contributed by atoms with Gasteiger partial charge in [-0.3, -0.25) is 4.79 Å². The molecule has 1 aromatic carbocycles. The number of benzene rings is 1. The van der Waals surface area contributed by atoms with Crippen LogP contribution in [0.3, 0.4) is 0 Å². The van der Waals surface area contributed by atoms with Crippen molar-refractivity contribution < 1.29 is 9.21 Å². The Morgan fingerprint density at radius 2 is 2.11 bits per heavy atom. The van der Waals surface area contributed by atoms with Crippen molar-refractivity contribution >= 4 is 40.4 Å². The molecule has 0 aliphatic rings. The Bertz CT molecular complexity index is 652.